The van der Waals surface area contributed by atoms with Crippen molar-refractivity contribution in [3.63, 3.8) is 0 Å². The molecule has 1 heteroatoms. The number of aromatic nitrogens is 1. The Bertz CT molecular complexity index is 266. The maximum atomic E-state index is 4.21. The van der Waals surface area contributed by atoms with E-state index in [0.29, 0.717) is 0 Å². The van der Waals surface area contributed by atoms with E-state index < -0.39 is 0 Å². The van der Waals surface area contributed by atoms with Crippen LogP contribution in [-0.2, 0) is 6.42 Å². The molecule has 0 aromatic carbocycles. The van der Waals surface area contributed by atoms with Gasteiger partial charge >= 0.3 is 0 Å². The molecule has 62 valence electrons. The van der Waals surface area contributed by atoms with Crippen LogP contribution in [0.5, 0.6) is 0 Å². The van der Waals surface area contributed by atoms with E-state index in [1.165, 1.54) is 0 Å². The van der Waals surface area contributed by atoms with Crippen LogP contribution in [0.3, 0.4) is 0 Å². The summed E-state index contributed by atoms with van der Waals surface area (Å²) in [5, 5.41) is 0. The molecule has 0 aliphatic rings. The van der Waals surface area contributed by atoms with Crippen molar-refractivity contribution >= 4 is 0 Å². The number of rotatable bonds is 2. The standard InChI is InChI=1S/C11H13N/c1-2-3-4-5-8-11-9-6-7-10-12-11/h6-7,9-10H,2,5,8H2,1H3. The second-order valence-electron chi connectivity index (χ2n) is 2.53. The second kappa shape index (κ2) is 5.37. The van der Waals surface area contributed by atoms with Crippen molar-refractivity contribution < 1.29 is 0 Å². The lowest BCUT2D eigenvalue weighted by Crippen LogP contribution is -1.86. The Hall–Kier alpha value is -1.29. The van der Waals surface area contributed by atoms with Crippen molar-refractivity contribution in [3.05, 3.63) is 30.1 Å². The van der Waals surface area contributed by atoms with E-state index in [4.69, 9.17) is 0 Å². The van der Waals surface area contributed by atoms with Gasteiger partial charge in [-0.05, 0) is 12.1 Å². The molecule has 12 heavy (non-hydrogen) atoms. The first-order valence-corrected chi connectivity index (χ1v) is 4.29. The summed E-state index contributed by atoms with van der Waals surface area (Å²) in [7, 11) is 0. The van der Waals surface area contributed by atoms with Gasteiger partial charge in [-0.2, -0.15) is 0 Å². The summed E-state index contributed by atoms with van der Waals surface area (Å²) in [4.78, 5) is 4.21. The average Bonchev–Trinajstić information content (AvgIpc) is 2.14. The Morgan fingerprint density at radius 3 is 2.92 bits per heavy atom. The summed E-state index contributed by atoms with van der Waals surface area (Å²) in [6.45, 7) is 2.06. The first-order chi connectivity index (χ1) is 5.93. The monoisotopic (exact) mass is 159 g/mol. The summed E-state index contributed by atoms with van der Waals surface area (Å²) >= 11 is 0. The van der Waals surface area contributed by atoms with E-state index in [1.54, 1.807) is 0 Å². The van der Waals surface area contributed by atoms with Crippen LogP contribution < -0.4 is 0 Å². The highest BCUT2D eigenvalue weighted by Crippen LogP contribution is 1.96. The van der Waals surface area contributed by atoms with Crippen LogP contribution in [0.15, 0.2) is 24.4 Å². The Kier molecular flexibility index (Phi) is 3.94. The molecule has 0 spiro atoms. The third-order valence-corrected chi connectivity index (χ3v) is 1.53. The number of pyridine rings is 1. The maximum absolute atomic E-state index is 4.21. The number of hydrogen-bond acceptors (Lipinski definition) is 1. The third kappa shape index (κ3) is 3.21. The number of nitrogens with zero attached hydrogens (tertiary/aromatic N) is 1. The molecule has 0 saturated heterocycles. The van der Waals surface area contributed by atoms with Gasteiger partial charge in [0.15, 0.2) is 0 Å². The molecule has 0 amide bonds. The normalized spacial score (nSPS) is 8.75. The molecule has 1 rings (SSSR count). The first kappa shape index (κ1) is 8.80. The minimum Gasteiger partial charge on any atom is -0.261 e. The fraction of sp³-hybridized carbons (Fsp3) is 0.364. The minimum atomic E-state index is 0.921. The zero-order valence-corrected chi connectivity index (χ0v) is 7.38. The molecule has 0 fully saturated rings. The highest BCUT2D eigenvalue weighted by Gasteiger charge is 1.88. The lowest BCUT2D eigenvalue weighted by Gasteiger charge is -1.93. The number of aryl methyl sites for hydroxylation is 1. The highest BCUT2D eigenvalue weighted by atomic mass is 14.7. The Balaban J connectivity index is 2.34. The van der Waals surface area contributed by atoms with Gasteiger partial charge in [-0.25, -0.2) is 0 Å². The van der Waals surface area contributed by atoms with E-state index in [-0.39, 0.29) is 0 Å². The maximum Gasteiger partial charge on any atom is 0.0413 e. The van der Waals surface area contributed by atoms with Gasteiger partial charge in [0.25, 0.3) is 0 Å². The zero-order chi connectivity index (χ0) is 8.65. The van der Waals surface area contributed by atoms with Crippen molar-refractivity contribution in [3.8, 4) is 11.8 Å². The third-order valence-electron chi connectivity index (χ3n) is 1.53. The molecule has 0 saturated carbocycles. The molecule has 1 aromatic rings. The van der Waals surface area contributed by atoms with Gasteiger partial charge in [0.1, 0.15) is 0 Å². The van der Waals surface area contributed by atoms with Gasteiger partial charge < -0.3 is 0 Å². The van der Waals surface area contributed by atoms with Gasteiger partial charge in [-0.1, -0.05) is 13.0 Å². The molecule has 0 unspecified atom stereocenters. The molecule has 0 radical (unpaired) electrons. The van der Waals surface area contributed by atoms with Crippen LogP contribution in [0, 0.1) is 11.8 Å². The summed E-state index contributed by atoms with van der Waals surface area (Å²) in [6.07, 6.45) is 4.66. The van der Waals surface area contributed by atoms with Gasteiger partial charge in [-0.15, -0.1) is 11.8 Å². The first-order valence-electron chi connectivity index (χ1n) is 4.29. The van der Waals surface area contributed by atoms with Gasteiger partial charge in [0, 0.05) is 31.2 Å². The largest absolute Gasteiger partial charge is 0.261 e. The average molecular weight is 159 g/mol. The van der Waals surface area contributed by atoms with Crippen molar-refractivity contribution in [2.45, 2.75) is 26.2 Å². The molecule has 0 aliphatic heterocycles. The molecule has 1 nitrogen and oxygen atoms in total. The van der Waals surface area contributed by atoms with E-state index in [1.807, 2.05) is 24.4 Å². The van der Waals surface area contributed by atoms with Gasteiger partial charge in [-0.3, -0.25) is 4.98 Å². The molecule has 1 aromatic heterocycles. The fourth-order valence-corrected chi connectivity index (χ4v) is 0.950. The smallest absolute Gasteiger partial charge is 0.0413 e. The van der Waals surface area contributed by atoms with Crippen LogP contribution in [0.1, 0.15) is 25.5 Å². The van der Waals surface area contributed by atoms with Crippen molar-refractivity contribution in [1.82, 2.24) is 4.98 Å². The van der Waals surface area contributed by atoms with Gasteiger partial charge in [0.2, 0.25) is 0 Å². The molecule has 1 heterocycles. The fourth-order valence-electron chi connectivity index (χ4n) is 0.950. The lowest BCUT2D eigenvalue weighted by molar-refractivity contribution is 0.961. The summed E-state index contributed by atoms with van der Waals surface area (Å²) in [5.74, 6) is 6.13. The SMILES string of the molecule is CCC#CCCc1ccccn1. The van der Waals surface area contributed by atoms with Crippen molar-refractivity contribution in [2.24, 2.45) is 0 Å². The van der Waals surface area contributed by atoms with Crippen LogP contribution in [0.4, 0.5) is 0 Å². The quantitative estimate of drug-likeness (QED) is 0.604. The van der Waals surface area contributed by atoms with Crippen molar-refractivity contribution in [2.75, 3.05) is 0 Å². The predicted molar refractivity (Wildman–Crippen MR) is 50.6 cm³/mol. The van der Waals surface area contributed by atoms with Crippen LogP contribution >= 0.6 is 0 Å². The Labute approximate surface area is 73.8 Å². The van der Waals surface area contributed by atoms with E-state index >= 15 is 0 Å². The molecule has 0 N–H and O–H groups in total. The molecule has 0 aliphatic carbocycles. The topological polar surface area (TPSA) is 12.9 Å². The summed E-state index contributed by atoms with van der Waals surface area (Å²) < 4.78 is 0. The Morgan fingerprint density at radius 2 is 2.25 bits per heavy atom. The molecular formula is C11H13N. The molecule has 0 atom stereocenters. The van der Waals surface area contributed by atoms with E-state index in [2.05, 4.69) is 23.7 Å². The van der Waals surface area contributed by atoms with Crippen LogP contribution in [0.2, 0.25) is 0 Å². The predicted octanol–water partition coefficient (Wildman–Crippen LogP) is 2.43. The van der Waals surface area contributed by atoms with Crippen LogP contribution in [0.25, 0.3) is 0 Å². The summed E-state index contributed by atoms with van der Waals surface area (Å²) in [6, 6.07) is 5.98. The zero-order valence-electron chi connectivity index (χ0n) is 7.38. The lowest BCUT2D eigenvalue weighted by atomic mass is 10.2. The second-order valence-corrected chi connectivity index (χ2v) is 2.53. The number of hydrogen-bond donors (Lipinski definition) is 0. The molecular weight excluding hydrogens is 146 g/mol. The van der Waals surface area contributed by atoms with Gasteiger partial charge in [0.05, 0.1) is 0 Å². The van der Waals surface area contributed by atoms with Crippen molar-refractivity contribution in [1.29, 1.82) is 0 Å². The van der Waals surface area contributed by atoms with Crippen LogP contribution in [-0.4, -0.2) is 4.98 Å². The minimum absolute atomic E-state index is 0.921. The summed E-state index contributed by atoms with van der Waals surface area (Å²) in [5.41, 5.74) is 1.13. The Morgan fingerprint density at radius 1 is 1.33 bits per heavy atom. The highest BCUT2D eigenvalue weighted by molar-refractivity contribution is 5.07. The van der Waals surface area contributed by atoms with E-state index in [9.17, 15) is 0 Å². The van der Waals surface area contributed by atoms with E-state index in [0.717, 1.165) is 25.0 Å². The molecule has 0 bridgehead atoms.